The number of alkyl halides is 6. The van der Waals surface area contributed by atoms with E-state index < -0.39 is 24.3 Å². The molecule has 2 aliphatic heterocycles. The number of fused-ring (bicyclic) bond motifs is 1. The van der Waals surface area contributed by atoms with Gasteiger partial charge in [0.05, 0.1) is 0 Å². The van der Waals surface area contributed by atoms with Gasteiger partial charge in [-0.3, -0.25) is 9.88 Å². The fourth-order valence-electron chi connectivity index (χ4n) is 3.59. The highest BCUT2D eigenvalue weighted by Gasteiger charge is 2.43. The molecule has 2 saturated heterocycles. The van der Waals surface area contributed by atoms with Gasteiger partial charge >= 0.3 is 24.3 Å². The molecule has 2 N–H and O–H groups in total. The zero-order valence-electron chi connectivity index (χ0n) is 19.0. The van der Waals surface area contributed by atoms with Crippen molar-refractivity contribution in [3.8, 4) is 5.88 Å². The highest BCUT2D eigenvalue weighted by Crippen LogP contribution is 2.31. The highest BCUT2D eigenvalue weighted by molar-refractivity contribution is 5.73. The third-order valence-corrected chi connectivity index (χ3v) is 5.17. The van der Waals surface area contributed by atoms with E-state index in [0.29, 0.717) is 11.9 Å². The molecule has 3 atom stereocenters. The largest absolute Gasteiger partial charge is 0.490 e. The molecule has 4 rings (SSSR count). The van der Waals surface area contributed by atoms with Crippen LogP contribution in [0.1, 0.15) is 18.4 Å². The molecular weight excluding hydrogens is 516 g/mol. The van der Waals surface area contributed by atoms with E-state index in [1.165, 1.54) is 5.56 Å². The normalized spacial score (nSPS) is 21.4. The van der Waals surface area contributed by atoms with Crippen molar-refractivity contribution in [1.29, 1.82) is 0 Å². The number of carbonyl (C=O) groups is 2. The highest BCUT2D eigenvalue weighted by atomic mass is 19.4. The topological polar surface area (TPSA) is 122 Å². The van der Waals surface area contributed by atoms with Gasteiger partial charge in [-0.25, -0.2) is 14.6 Å². The zero-order valence-corrected chi connectivity index (χ0v) is 19.0. The van der Waals surface area contributed by atoms with E-state index in [0.717, 1.165) is 32.5 Å². The lowest BCUT2D eigenvalue weighted by Crippen LogP contribution is -2.53. The molecule has 0 saturated carbocycles. The molecule has 0 spiro atoms. The number of carboxylic acid groups (broad SMARTS) is 2. The van der Waals surface area contributed by atoms with Crippen LogP contribution >= 0.6 is 0 Å². The number of halogens is 6. The van der Waals surface area contributed by atoms with E-state index in [-0.39, 0.29) is 12.2 Å². The molecule has 0 aliphatic carbocycles. The van der Waals surface area contributed by atoms with Crippen LogP contribution in [0.4, 0.5) is 26.3 Å². The predicted molar refractivity (Wildman–Crippen MR) is 113 cm³/mol. The Morgan fingerprint density at radius 1 is 0.973 bits per heavy atom. The molecule has 2 aromatic rings. The van der Waals surface area contributed by atoms with E-state index in [1.807, 2.05) is 30.6 Å². The van der Waals surface area contributed by atoms with Gasteiger partial charge in [0.25, 0.3) is 0 Å². The Morgan fingerprint density at radius 2 is 1.57 bits per heavy atom. The minimum absolute atomic E-state index is 0.0890. The number of ether oxygens (including phenoxy) is 2. The Bertz CT molecular complexity index is 914. The summed E-state index contributed by atoms with van der Waals surface area (Å²) >= 11 is 0. The molecule has 9 nitrogen and oxygen atoms in total. The molecular formula is C22H23F6N3O6. The van der Waals surface area contributed by atoms with E-state index in [4.69, 9.17) is 29.3 Å². The van der Waals surface area contributed by atoms with Crippen molar-refractivity contribution >= 4 is 11.9 Å². The van der Waals surface area contributed by atoms with E-state index >= 15 is 0 Å². The molecule has 0 aromatic carbocycles. The van der Waals surface area contributed by atoms with Crippen molar-refractivity contribution in [1.82, 2.24) is 14.9 Å². The van der Waals surface area contributed by atoms with Crippen LogP contribution in [-0.2, 0) is 20.9 Å². The molecule has 37 heavy (non-hydrogen) atoms. The first kappa shape index (κ1) is 29.8. The number of aliphatic carboxylic acids is 2. The number of pyridine rings is 2. The van der Waals surface area contributed by atoms with Gasteiger partial charge in [-0.05, 0) is 36.6 Å². The summed E-state index contributed by atoms with van der Waals surface area (Å²) in [4.78, 5) is 28.7. The second-order valence-electron chi connectivity index (χ2n) is 7.74. The molecule has 2 aliphatic rings. The molecule has 0 bridgehead atoms. The summed E-state index contributed by atoms with van der Waals surface area (Å²) in [5.74, 6) is -4.82. The SMILES string of the molecule is O=C(O)C(F)(F)F.O=C(O)C(F)(F)F.c1ccc(O[C@@H]2CCN(Cc3ccncc3)[C@H]3CCO[C@H]23)nc1. The van der Waals surface area contributed by atoms with Gasteiger partial charge in [-0.2, -0.15) is 26.3 Å². The maximum atomic E-state index is 10.6. The lowest BCUT2D eigenvalue weighted by atomic mass is 9.95. The summed E-state index contributed by atoms with van der Waals surface area (Å²) in [5.41, 5.74) is 1.30. The Morgan fingerprint density at radius 3 is 2.08 bits per heavy atom. The molecule has 2 aromatic heterocycles. The lowest BCUT2D eigenvalue weighted by Gasteiger charge is -2.40. The smallest absolute Gasteiger partial charge is 0.475 e. The number of hydrogen-bond acceptors (Lipinski definition) is 7. The van der Waals surface area contributed by atoms with Crippen LogP contribution in [-0.4, -0.2) is 80.8 Å². The molecule has 204 valence electrons. The van der Waals surface area contributed by atoms with Gasteiger partial charge in [-0.15, -0.1) is 0 Å². The van der Waals surface area contributed by atoms with E-state index in [2.05, 4.69) is 27.0 Å². The molecule has 0 amide bonds. The minimum atomic E-state index is -5.08. The summed E-state index contributed by atoms with van der Waals surface area (Å²) in [7, 11) is 0. The summed E-state index contributed by atoms with van der Waals surface area (Å²) in [6.45, 7) is 2.78. The number of piperidine rings is 1. The van der Waals surface area contributed by atoms with Crippen molar-refractivity contribution in [2.24, 2.45) is 0 Å². The van der Waals surface area contributed by atoms with Crippen molar-refractivity contribution in [2.45, 2.75) is 50.0 Å². The van der Waals surface area contributed by atoms with Crippen LogP contribution < -0.4 is 4.74 Å². The fraction of sp³-hybridized carbons (Fsp3) is 0.455. The van der Waals surface area contributed by atoms with Crippen LogP contribution in [0.15, 0.2) is 48.9 Å². The first-order valence-electron chi connectivity index (χ1n) is 10.7. The molecule has 4 heterocycles. The van der Waals surface area contributed by atoms with E-state index in [9.17, 15) is 26.3 Å². The van der Waals surface area contributed by atoms with Crippen molar-refractivity contribution in [3.63, 3.8) is 0 Å². The maximum Gasteiger partial charge on any atom is 0.490 e. The minimum Gasteiger partial charge on any atom is -0.475 e. The number of carboxylic acids is 2. The average molecular weight is 539 g/mol. The van der Waals surface area contributed by atoms with Gasteiger partial charge in [0.2, 0.25) is 5.88 Å². The number of likely N-dealkylation sites (tertiary alicyclic amines) is 1. The summed E-state index contributed by atoms with van der Waals surface area (Å²) in [6.07, 6.45) is -2.44. The Labute approximate surface area is 206 Å². The Balaban J connectivity index is 0.000000286. The molecule has 2 fully saturated rings. The van der Waals surface area contributed by atoms with Gasteiger partial charge in [0, 0.05) is 50.4 Å². The summed E-state index contributed by atoms with van der Waals surface area (Å²) < 4.78 is 75.6. The van der Waals surface area contributed by atoms with Crippen LogP contribution in [0, 0.1) is 0 Å². The standard InChI is InChI=1S/C18H21N3O2.2C2HF3O2/c1-2-8-20-17(3-1)23-16-6-11-21(15-7-12-22-18(15)16)13-14-4-9-19-10-5-14;2*3-2(4,5)1(6)7/h1-5,8-10,15-16,18H,6-7,11-13H2;2*(H,6,7)/t15-,16+,18-;;/m0../s1. The molecule has 0 radical (unpaired) electrons. The number of rotatable bonds is 4. The first-order valence-corrected chi connectivity index (χ1v) is 10.7. The van der Waals surface area contributed by atoms with Crippen LogP contribution in [0.2, 0.25) is 0 Å². The fourth-order valence-corrected chi connectivity index (χ4v) is 3.59. The second kappa shape index (κ2) is 13.2. The zero-order chi connectivity index (χ0) is 27.6. The average Bonchev–Trinajstić information content (AvgIpc) is 3.32. The summed E-state index contributed by atoms with van der Waals surface area (Å²) in [6, 6.07) is 10.4. The molecule has 15 heteroatoms. The first-order chi connectivity index (χ1) is 17.3. The van der Waals surface area contributed by atoms with Gasteiger partial charge in [0.15, 0.2) is 0 Å². The number of nitrogens with zero attached hydrogens (tertiary/aromatic N) is 3. The van der Waals surface area contributed by atoms with Gasteiger partial charge in [0.1, 0.15) is 12.2 Å². The van der Waals surface area contributed by atoms with E-state index in [1.54, 1.807) is 6.20 Å². The third kappa shape index (κ3) is 9.84. The maximum absolute atomic E-state index is 10.6. The monoisotopic (exact) mass is 539 g/mol. The summed E-state index contributed by atoms with van der Waals surface area (Å²) in [5, 5.41) is 14.2. The van der Waals surface area contributed by atoms with Gasteiger partial charge in [-0.1, -0.05) is 6.07 Å². The lowest BCUT2D eigenvalue weighted by molar-refractivity contribution is -0.193. The quantitative estimate of drug-likeness (QED) is 0.562. The van der Waals surface area contributed by atoms with Crippen molar-refractivity contribution < 1.29 is 55.6 Å². The number of hydrogen-bond donors (Lipinski definition) is 2. The third-order valence-electron chi connectivity index (χ3n) is 5.17. The van der Waals surface area contributed by atoms with Crippen molar-refractivity contribution in [3.05, 3.63) is 54.5 Å². The van der Waals surface area contributed by atoms with Crippen molar-refractivity contribution in [2.75, 3.05) is 13.2 Å². The Kier molecular flexibility index (Phi) is 10.6. The Hall–Kier alpha value is -3.46. The van der Waals surface area contributed by atoms with Crippen LogP contribution in [0.25, 0.3) is 0 Å². The second-order valence-corrected chi connectivity index (χ2v) is 7.74. The molecule has 0 unspecified atom stereocenters. The van der Waals surface area contributed by atoms with Crippen LogP contribution in [0.3, 0.4) is 0 Å². The number of aromatic nitrogens is 2. The van der Waals surface area contributed by atoms with Gasteiger partial charge < -0.3 is 19.7 Å². The predicted octanol–water partition coefficient (Wildman–Crippen LogP) is 3.55. The van der Waals surface area contributed by atoms with Crippen LogP contribution in [0.5, 0.6) is 5.88 Å².